The first-order valence-corrected chi connectivity index (χ1v) is 4.96. The van der Waals surface area contributed by atoms with Crippen LogP contribution >= 0.6 is 22.9 Å². The second kappa shape index (κ2) is 4.48. The van der Waals surface area contributed by atoms with Gasteiger partial charge in [0.2, 0.25) is 0 Å². The highest BCUT2D eigenvalue weighted by molar-refractivity contribution is 7.14. The number of anilines is 1. The highest BCUT2D eigenvalue weighted by atomic mass is 35.5. The predicted molar refractivity (Wildman–Crippen MR) is 55.0 cm³/mol. The van der Waals surface area contributed by atoms with Crippen LogP contribution in [0.4, 0.5) is 5.13 Å². The molecule has 0 fully saturated rings. The molecule has 66 valence electrons. The van der Waals surface area contributed by atoms with Gasteiger partial charge in [-0.25, -0.2) is 4.98 Å². The zero-order valence-electron chi connectivity index (χ0n) is 6.88. The van der Waals surface area contributed by atoms with Crippen LogP contribution in [0.15, 0.2) is 18.0 Å². The van der Waals surface area contributed by atoms with E-state index >= 15 is 0 Å². The van der Waals surface area contributed by atoms with E-state index < -0.39 is 0 Å². The molecule has 1 rings (SSSR count). The zero-order valence-corrected chi connectivity index (χ0v) is 8.45. The molecule has 1 aromatic rings. The maximum Gasteiger partial charge on any atom is 0.184 e. The quantitative estimate of drug-likeness (QED) is 0.759. The van der Waals surface area contributed by atoms with Gasteiger partial charge in [-0.15, -0.1) is 17.9 Å². The van der Waals surface area contributed by atoms with Crippen LogP contribution in [-0.4, -0.2) is 11.0 Å². The highest BCUT2D eigenvalue weighted by Gasteiger charge is 2.02. The minimum atomic E-state index is 0.365. The Morgan fingerprint density at radius 3 is 3.17 bits per heavy atom. The molecule has 0 radical (unpaired) electrons. The number of hydrogen-bond acceptors (Lipinski definition) is 3. The molecule has 0 aliphatic rings. The highest BCUT2D eigenvalue weighted by Crippen LogP contribution is 2.19. The van der Waals surface area contributed by atoms with E-state index in [0.717, 1.165) is 11.6 Å². The number of nitrogens with zero attached hydrogens (tertiary/aromatic N) is 1. The molecule has 0 aliphatic carbocycles. The summed E-state index contributed by atoms with van der Waals surface area (Å²) >= 11 is 7.18. The van der Waals surface area contributed by atoms with Crippen molar-refractivity contribution in [3.63, 3.8) is 0 Å². The van der Waals surface area contributed by atoms with Crippen molar-refractivity contribution < 1.29 is 0 Å². The van der Waals surface area contributed by atoms with Crippen LogP contribution < -0.4 is 5.32 Å². The lowest BCUT2D eigenvalue weighted by atomic mass is 10.2. The maximum atomic E-state index is 5.66. The van der Waals surface area contributed by atoms with E-state index in [0.29, 0.717) is 11.2 Å². The first-order chi connectivity index (χ1) is 5.72. The van der Waals surface area contributed by atoms with Crippen LogP contribution in [0, 0.1) is 0 Å². The minimum absolute atomic E-state index is 0.365. The van der Waals surface area contributed by atoms with Gasteiger partial charge in [0, 0.05) is 11.4 Å². The second-order valence-corrected chi connectivity index (χ2v) is 3.79. The summed E-state index contributed by atoms with van der Waals surface area (Å²) < 4.78 is 0. The summed E-state index contributed by atoms with van der Waals surface area (Å²) in [5.74, 6) is 0. The van der Waals surface area contributed by atoms with E-state index in [4.69, 9.17) is 11.6 Å². The summed E-state index contributed by atoms with van der Waals surface area (Å²) in [5.41, 5.74) is 0. The van der Waals surface area contributed by atoms with E-state index in [1.807, 2.05) is 11.5 Å². The standard InChI is InChI=1S/C8H11ClN2S/c1-3-4-6(2)10-8-11-7(9)5-12-8/h3,5-6H,1,4H2,2H3,(H,10,11). The Morgan fingerprint density at radius 1 is 1.92 bits per heavy atom. The molecular formula is C8H11ClN2S. The summed E-state index contributed by atoms with van der Waals surface area (Å²) in [5, 5.41) is 6.44. The van der Waals surface area contributed by atoms with Crippen molar-refractivity contribution in [2.24, 2.45) is 0 Å². The normalized spacial score (nSPS) is 12.5. The van der Waals surface area contributed by atoms with Crippen molar-refractivity contribution in [1.29, 1.82) is 0 Å². The van der Waals surface area contributed by atoms with Gasteiger partial charge in [-0.2, -0.15) is 0 Å². The van der Waals surface area contributed by atoms with Gasteiger partial charge in [-0.3, -0.25) is 0 Å². The summed E-state index contributed by atoms with van der Waals surface area (Å²) in [4.78, 5) is 4.07. The van der Waals surface area contributed by atoms with Crippen LogP contribution in [0.5, 0.6) is 0 Å². The van der Waals surface area contributed by atoms with Crippen molar-refractivity contribution in [2.75, 3.05) is 5.32 Å². The van der Waals surface area contributed by atoms with Crippen LogP contribution in [0.3, 0.4) is 0 Å². The molecule has 0 aliphatic heterocycles. The molecule has 12 heavy (non-hydrogen) atoms. The third kappa shape index (κ3) is 2.83. The average molecular weight is 203 g/mol. The number of rotatable bonds is 4. The first kappa shape index (κ1) is 9.55. The molecule has 1 heterocycles. The Labute approximate surface area is 81.3 Å². The van der Waals surface area contributed by atoms with Crippen molar-refractivity contribution in [3.8, 4) is 0 Å². The monoisotopic (exact) mass is 202 g/mol. The van der Waals surface area contributed by atoms with Crippen molar-refractivity contribution in [1.82, 2.24) is 4.98 Å². The topological polar surface area (TPSA) is 24.9 Å². The fraction of sp³-hybridized carbons (Fsp3) is 0.375. The third-order valence-corrected chi connectivity index (χ3v) is 2.46. The Kier molecular flexibility index (Phi) is 3.56. The van der Waals surface area contributed by atoms with E-state index in [2.05, 4.69) is 23.8 Å². The number of halogens is 1. The Bertz CT molecular complexity index is 259. The largest absolute Gasteiger partial charge is 0.359 e. The minimum Gasteiger partial charge on any atom is -0.359 e. The summed E-state index contributed by atoms with van der Waals surface area (Å²) in [6, 6.07) is 0.365. The van der Waals surface area contributed by atoms with E-state index in [1.54, 1.807) is 0 Å². The second-order valence-electron chi connectivity index (χ2n) is 2.55. The molecule has 0 saturated heterocycles. The van der Waals surface area contributed by atoms with Crippen LogP contribution in [0.25, 0.3) is 0 Å². The summed E-state index contributed by atoms with van der Waals surface area (Å²) in [6.07, 6.45) is 2.81. The van der Waals surface area contributed by atoms with E-state index in [-0.39, 0.29) is 0 Å². The first-order valence-electron chi connectivity index (χ1n) is 3.71. The molecule has 0 saturated carbocycles. The number of hydrogen-bond donors (Lipinski definition) is 1. The fourth-order valence-corrected chi connectivity index (χ4v) is 1.79. The molecule has 4 heteroatoms. The molecule has 0 bridgehead atoms. The lowest BCUT2D eigenvalue weighted by Crippen LogP contribution is -2.13. The van der Waals surface area contributed by atoms with E-state index in [9.17, 15) is 0 Å². The fourth-order valence-electron chi connectivity index (χ4n) is 0.840. The summed E-state index contributed by atoms with van der Waals surface area (Å²) in [6.45, 7) is 5.74. The van der Waals surface area contributed by atoms with Crippen LogP contribution in [0.2, 0.25) is 5.15 Å². The van der Waals surface area contributed by atoms with Gasteiger partial charge in [0.05, 0.1) is 0 Å². The molecule has 1 unspecified atom stereocenters. The molecule has 0 amide bonds. The van der Waals surface area contributed by atoms with Gasteiger partial charge in [0.15, 0.2) is 5.13 Å². The Balaban J connectivity index is 2.46. The molecule has 0 aromatic carbocycles. The van der Waals surface area contributed by atoms with Crippen molar-refractivity contribution in [3.05, 3.63) is 23.2 Å². The maximum absolute atomic E-state index is 5.66. The smallest absolute Gasteiger partial charge is 0.184 e. The summed E-state index contributed by atoms with van der Waals surface area (Å²) in [7, 11) is 0. The van der Waals surface area contributed by atoms with E-state index in [1.165, 1.54) is 11.3 Å². The molecule has 2 nitrogen and oxygen atoms in total. The average Bonchev–Trinajstić information content (AvgIpc) is 2.36. The number of thiazole rings is 1. The van der Waals surface area contributed by atoms with Gasteiger partial charge in [-0.1, -0.05) is 17.7 Å². The predicted octanol–water partition coefficient (Wildman–Crippen LogP) is 3.17. The van der Waals surface area contributed by atoms with Gasteiger partial charge < -0.3 is 5.32 Å². The van der Waals surface area contributed by atoms with Crippen molar-refractivity contribution in [2.45, 2.75) is 19.4 Å². The van der Waals surface area contributed by atoms with Gasteiger partial charge in [0.25, 0.3) is 0 Å². The third-order valence-electron chi connectivity index (χ3n) is 1.37. The zero-order chi connectivity index (χ0) is 8.97. The number of aromatic nitrogens is 1. The molecular weight excluding hydrogens is 192 g/mol. The van der Waals surface area contributed by atoms with Gasteiger partial charge in [-0.05, 0) is 13.3 Å². The molecule has 1 N–H and O–H groups in total. The SMILES string of the molecule is C=CCC(C)Nc1nc(Cl)cs1. The van der Waals surface area contributed by atoms with Gasteiger partial charge >= 0.3 is 0 Å². The molecule has 1 aromatic heterocycles. The Hall–Kier alpha value is -0.540. The van der Waals surface area contributed by atoms with Gasteiger partial charge in [0.1, 0.15) is 5.15 Å². The van der Waals surface area contributed by atoms with Crippen LogP contribution in [0.1, 0.15) is 13.3 Å². The Morgan fingerprint density at radius 2 is 2.67 bits per heavy atom. The van der Waals surface area contributed by atoms with Crippen LogP contribution in [-0.2, 0) is 0 Å². The lowest BCUT2D eigenvalue weighted by Gasteiger charge is -2.08. The molecule has 0 spiro atoms. The molecule has 1 atom stereocenters. The number of nitrogens with one attached hydrogen (secondary N) is 1. The lowest BCUT2D eigenvalue weighted by molar-refractivity contribution is 0.812. The van der Waals surface area contributed by atoms with Crippen molar-refractivity contribution >= 4 is 28.1 Å².